The van der Waals surface area contributed by atoms with Crippen molar-refractivity contribution in [3.63, 3.8) is 0 Å². The minimum atomic E-state index is -4.41. The second kappa shape index (κ2) is 64.6. The van der Waals surface area contributed by atoms with Crippen LogP contribution in [-0.4, -0.2) is 74.9 Å². The number of hydrogen-bond acceptors (Lipinski definition) is 7. The predicted molar refractivity (Wildman–Crippen MR) is 371 cm³/mol. The highest BCUT2D eigenvalue weighted by molar-refractivity contribution is 7.47. The van der Waals surface area contributed by atoms with Gasteiger partial charge in [0.25, 0.3) is 0 Å². The molecule has 0 aromatic heterocycles. The van der Waals surface area contributed by atoms with Crippen LogP contribution in [0.25, 0.3) is 0 Å². The summed E-state index contributed by atoms with van der Waals surface area (Å²) in [5.74, 6) is -0.837. The second-order valence-corrected chi connectivity index (χ2v) is 24.2. The number of phosphoric acid groups is 1. The number of rotatable bonds is 59. The summed E-state index contributed by atoms with van der Waals surface area (Å²) in [5.41, 5.74) is 0. The summed E-state index contributed by atoms with van der Waals surface area (Å²) >= 11 is 0. The molecule has 0 bridgehead atoms. The maximum Gasteiger partial charge on any atom is 0.472 e. The smallest absolute Gasteiger partial charge is 0.462 e. The minimum absolute atomic E-state index is 0.0168. The summed E-state index contributed by atoms with van der Waals surface area (Å²) in [6.07, 6.45) is 99.8. The summed E-state index contributed by atoms with van der Waals surface area (Å²) < 4.78 is 34.6. The molecular formula is C76H123NO8P+. The third kappa shape index (κ3) is 68.2. The van der Waals surface area contributed by atoms with E-state index in [1.807, 2.05) is 21.1 Å². The first kappa shape index (κ1) is 81.1. The molecule has 0 heterocycles. The average molecular weight is 1210 g/mol. The van der Waals surface area contributed by atoms with Crippen molar-refractivity contribution in [3.8, 4) is 0 Å². The van der Waals surface area contributed by atoms with Crippen LogP contribution in [0.5, 0.6) is 0 Å². The Kier molecular flexibility index (Phi) is 60.9. The number of quaternary nitrogens is 1. The van der Waals surface area contributed by atoms with E-state index in [1.54, 1.807) is 0 Å². The van der Waals surface area contributed by atoms with E-state index in [1.165, 1.54) is 38.5 Å². The number of allylic oxidation sites excluding steroid dienone is 30. The Labute approximate surface area is 527 Å². The maximum atomic E-state index is 12.9. The molecule has 0 radical (unpaired) electrons. The summed E-state index contributed by atoms with van der Waals surface area (Å²) in [6, 6.07) is 0. The van der Waals surface area contributed by atoms with Crippen LogP contribution in [0.15, 0.2) is 182 Å². The Morgan fingerprint density at radius 3 is 0.930 bits per heavy atom. The van der Waals surface area contributed by atoms with Crippen molar-refractivity contribution < 1.29 is 42.1 Å². The Hall–Kier alpha value is -4.89. The number of likely N-dealkylation sites (N-methyl/N-ethyl adjacent to an activating group) is 1. The molecule has 0 spiro atoms. The number of carbonyl (C=O) groups excluding carboxylic acids is 2. The fraction of sp³-hybridized carbons (Fsp3) is 0.579. The highest BCUT2D eigenvalue weighted by atomic mass is 31.2. The van der Waals surface area contributed by atoms with Crippen LogP contribution in [0.4, 0.5) is 0 Å². The highest BCUT2D eigenvalue weighted by Gasteiger charge is 2.27. The molecule has 0 aromatic rings. The molecule has 2 atom stereocenters. The zero-order valence-electron chi connectivity index (χ0n) is 55.0. The molecule has 0 aliphatic rings. The van der Waals surface area contributed by atoms with Crippen molar-refractivity contribution >= 4 is 19.8 Å². The van der Waals surface area contributed by atoms with Crippen LogP contribution in [-0.2, 0) is 32.7 Å². The standard InChI is InChI=1S/C76H122NO8P/c1-6-8-10-12-14-16-18-20-22-24-26-28-30-31-32-33-34-35-36-37-38-39-40-41-42-43-44-45-47-49-51-53-55-57-59-61-63-65-67-69-76(79)85-74(73-84-86(80,81)83-71-70-77(3,4)5)72-82-75(78)68-66-64-62-60-58-56-54-52-50-48-46-29-27-25-23-21-19-17-15-13-11-9-7-2/h8-11,14-17,20-23,26-29,31-32,34-35,37-38,40-41,43-44,47,49,53,55,74H,6-7,12-13,18-19,24-25,30,33,36,39,42,45-46,48,50-52,54,56-73H2,1-5H3/p+1/b10-8-,11-9-,16-14-,17-15-,22-20-,23-21-,28-26-,29-27-,32-31-,35-34-,38-37-,41-40-,44-43-,49-47-,55-53-. The topological polar surface area (TPSA) is 108 Å². The largest absolute Gasteiger partial charge is 0.472 e. The number of unbranched alkanes of at least 4 members (excludes halogenated alkanes) is 15. The fourth-order valence-corrected chi connectivity index (χ4v) is 9.11. The molecule has 0 rings (SSSR count). The molecule has 0 amide bonds. The number of nitrogens with zero attached hydrogens (tertiary/aromatic N) is 1. The van der Waals surface area contributed by atoms with Crippen molar-refractivity contribution in [2.45, 2.75) is 238 Å². The zero-order chi connectivity index (χ0) is 62.6. The molecule has 0 saturated heterocycles. The number of hydrogen-bond donors (Lipinski definition) is 1. The van der Waals surface area contributed by atoms with Gasteiger partial charge in [0, 0.05) is 12.8 Å². The fourth-order valence-electron chi connectivity index (χ4n) is 8.36. The first-order valence-corrected chi connectivity index (χ1v) is 35.0. The third-order valence-corrected chi connectivity index (χ3v) is 14.4. The van der Waals surface area contributed by atoms with E-state index < -0.39 is 26.5 Å². The zero-order valence-corrected chi connectivity index (χ0v) is 55.9. The van der Waals surface area contributed by atoms with Gasteiger partial charge in [-0.05, 0) is 135 Å². The van der Waals surface area contributed by atoms with Crippen molar-refractivity contribution in [2.24, 2.45) is 0 Å². The molecular weight excluding hydrogens is 1090 g/mol. The molecule has 0 aliphatic carbocycles. The van der Waals surface area contributed by atoms with Gasteiger partial charge in [0.2, 0.25) is 0 Å². The van der Waals surface area contributed by atoms with Gasteiger partial charge in [-0.1, -0.05) is 267 Å². The van der Waals surface area contributed by atoms with E-state index >= 15 is 0 Å². The Balaban J connectivity index is 4.20. The number of esters is 2. The molecule has 0 saturated carbocycles. The van der Waals surface area contributed by atoms with Gasteiger partial charge >= 0.3 is 19.8 Å². The Morgan fingerprint density at radius 2 is 0.628 bits per heavy atom. The molecule has 484 valence electrons. The van der Waals surface area contributed by atoms with Gasteiger partial charge < -0.3 is 18.9 Å². The first-order chi connectivity index (χ1) is 42.0. The Bertz CT molecular complexity index is 2100. The quantitative estimate of drug-likeness (QED) is 0.0211. The normalized spacial score (nSPS) is 14.3. The van der Waals surface area contributed by atoms with Gasteiger partial charge in [-0.3, -0.25) is 18.6 Å². The van der Waals surface area contributed by atoms with Crippen molar-refractivity contribution in [3.05, 3.63) is 182 Å². The van der Waals surface area contributed by atoms with Gasteiger partial charge in [-0.15, -0.1) is 0 Å². The van der Waals surface area contributed by atoms with Crippen LogP contribution < -0.4 is 0 Å². The number of carbonyl (C=O) groups is 2. The van der Waals surface area contributed by atoms with Gasteiger partial charge in [0.05, 0.1) is 27.7 Å². The number of phosphoric ester groups is 1. The SMILES string of the molecule is CC/C=C\C/C=C\C/C=C\C/C=C\C/C=C\C/C=C\C/C=C\C/C=C\C/C=C\C/C=C\C/C=C\CCCCCCCC(=O)OC(COC(=O)CCCCCCCCCCCC/C=C\C/C=C\C/C=C\C/C=C\CC)COP(=O)(O)OCC[N+](C)(C)C. The van der Waals surface area contributed by atoms with E-state index in [4.69, 9.17) is 18.5 Å². The van der Waals surface area contributed by atoms with Crippen LogP contribution in [0.3, 0.4) is 0 Å². The molecule has 86 heavy (non-hydrogen) atoms. The molecule has 1 N–H and O–H groups in total. The summed E-state index contributed by atoms with van der Waals surface area (Å²) in [7, 11) is 1.43. The van der Waals surface area contributed by atoms with Gasteiger partial charge in [0.1, 0.15) is 19.8 Å². The lowest BCUT2D eigenvalue weighted by atomic mass is 10.1. The van der Waals surface area contributed by atoms with Crippen molar-refractivity contribution in [1.29, 1.82) is 0 Å². The summed E-state index contributed by atoms with van der Waals surface area (Å²) in [5, 5.41) is 0. The molecule has 0 aromatic carbocycles. The van der Waals surface area contributed by atoms with Crippen LogP contribution >= 0.6 is 7.82 Å². The average Bonchev–Trinajstić information content (AvgIpc) is 3.56. The Morgan fingerprint density at radius 1 is 0.360 bits per heavy atom. The molecule has 0 fully saturated rings. The van der Waals surface area contributed by atoms with Crippen LogP contribution in [0.2, 0.25) is 0 Å². The van der Waals surface area contributed by atoms with E-state index in [0.717, 1.165) is 161 Å². The molecule has 10 heteroatoms. The van der Waals surface area contributed by atoms with E-state index in [2.05, 4.69) is 196 Å². The number of ether oxygens (including phenoxy) is 2. The first-order valence-electron chi connectivity index (χ1n) is 33.5. The lowest BCUT2D eigenvalue weighted by molar-refractivity contribution is -0.870. The lowest BCUT2D eigenvalue weighted by Crippen LogP contribution is -2.37. The van der Waals surface area contributed by atoms with Gasteiger partial charge in [-0.25, -0.2) is 4.57 Å². The summed E-state index contributed by atoms with van der Waals surface area (Å²) in [6.45, 7) is 4.16. The molecule has 0 aliphatic heterocycles. The van der Waals surface area contributed by atoms with Crippen LogP contribution in [0.1, 0.15) is 232 Å². The van der Waals surface area contributed by atoms with E-state index in [0.29, 0.717) is 17.4 Å². The molecule has 2 unspecified atom stereocenters. The highest BCUT2D eigenvalue weighted by Crippen LogP contribution is 2.43. The maximum absolute atomic E-state index is 12.9. The van der Waals surface area contributed by atoms with Gasteiger partial charge in [-0.2, -0.15) is 0 Å². The van der Waals surface area contributed by atoms with E-state index in [9.17, 15) is 19.0 Å². The third-order valence-electron chi connectivity index (χ3n) is 13.4. The van der Waals surface area contributed by atoms with Gasteiger partial charge in [0.15, 0.2) is 6.10 Å². The van der Waals surface area contributed by atoms with Crippen molar-refractivity contribution in [1.82, 2.24) is 0 Å². The lowest BCUT2D eigenvalue weighted by Gasteiger charge is -2.24. The van der Waals surface area contributed by atoms with Crippen LogP contribution in [0, 0.1) is 0 Å². The molecule has 9 nitrogen and oxygen atoms in total. The minimum Gasteiger partial charge on any atom is -0.462 e. The van der Waals surface area contributed by atoms with Crippen molar-refractivity contribution in [2.75, 3.05) is 47.5 Å². The predicted octanol–water partition coefficient (Wildman–Crippen LogP) is 21.9. The second-order valence-electron chi connectivity index (χ2n) is 22.7. The summed E-state index contributed by atoms with van der Waals surface area (Å²) in [4.78, 5) is 35.8. The van der Waals surface area contributed by atoms with E-state index in [-0.39, 0.29) is 32.0 Å². The monoisotopic (exact) mass is 1210 g/mol.